The van der Waals surface area contributed by atoms with E-state index >= 15 is 0 Å². The van der Waals surface area contributed by atoms with Crippen molar-refractivity contribution in [1.82, 2.24) is 14.4 Å². The topological polar surface area (TPSA) is 28.5 Å². The van der Waals surface area contributed by atoms with E-state index in [2.05, 4.69) is 72.7 Å². The molecule has 0 fully saturated rings. The molecule has 1 aliphatic carbocycles. The molecule has 2 heterocycles. The number of aromatic nitrogens is 1. The van der Waals surface area contributed by atoms with Gasteiger partial charge in [0.05, 0.1) is 12.5 Å². The zero-order valence-electron chi connectivity index (χ0n) is 17.3. The molecule has 4 nitrogen and oxygen atoms in total. The molecule has 2 aliphatic rings. The third-order valence-electron chi connectivity index (χ3n) is 6.28. The average Bonchev–Trinajstić information content (AvgIpc) is 3.06. The van der Waals surface area contributed by atoms with Gasteiger partial charge in [-0.25, -0.2) is 0 Å². The van der Waals surface area contributed by atoms with E-state index in [-0.39, 0.29) is 11.8 Å². The molecule has 1 aromatic heterocycles. The molecule has 0 bridgehead atoms. The Kier molecular flexibility index (Phi) is 5.03. The Balaban J connectivity index is 1.81. The van der Waals surface area contributed by atoms with E-state index in [9.17, 15) is 4.79 Å². The first kappa shape index (κ1) is 18.8. The van der Waals surface area contributed by atoms with Crippen LogP contribution < -0.4 is 0 Å². The van der Waals surface area contributed by atoms with Gasteiger partial charge >= 0.3 is 0 Å². The van der Waals surface area contributed by atoms with E-state index < -0.39 is 0 Å². The van der Waals surface area contributed by atoms with Gasteiger partial charge in [0.15, 0.2) is 0 Å². The summed E-state index contributed by atoms with van der Waals surface area (Å²) in [6.07, 6.45) is 5.52. The normalized spacial score (nSPS) is 20.9. The largest absolute Gasteiger partial charge is 0.343 e. The fourth-order valence-corrected chi connectivity index (χ4v) is 4.85. The van der Waals surface area contributed by atoms with Crippen molar-refractivity contribution in [3.63, 3.8) is 0 Å². The summed E-state index contributed by atoms with van der Waals surface area (Å²) in [6.45, 7) is 9.04. The maximum atomic E-state index is 13.0. The van der Waals surface area contributed by atoms with E-state index in [1.54, 1.807) is 0 Å². The van der Waals surface area contributed by atoms with Crippen LogP contribution >= 0.6 is 0 Å². The Morgan fingerprint density at radius 3 is 2.79 bits per heavy atom. The molecule has 1 aliphatic heterocycles. The van der Waals surface area contributed by atoms with Gasteiger partial charge in [-0.3, -0.25) is 9.69 Å². The summed E-state index contributed by atoms with van der Waals surface area (Å²) < 4.78 is 2.26. The first-order chi connectivity index (χ1) is 13.6. The number of nitrogens with zero attached hydrogens (tertiary/aromatic N) is 3. The van der Waals surface area contributed by atoms with Gasteiger partial charge in [-0.15, -0.1) is 5.92 Å². The molecule has 0 radical (unpaired) electrons. The molecule has 1 amide bonds. The lowest BCUT2D eigenvalue weighted by Crippen LogP contribution is -2.47. The van der Waals surface area contributed by atoms with Gasteiger partial charge in [0.1, 0.15) is 0 Å². The maximum Gasteiger partial charge on any atom is 0.230 e. The van der Waals surface area contributed by atoms with Crippen LogP contribution in [0.5, 0.6) is 0 Å². The zero-order chi connectivity index (χ0) is 19.8. The van der Waals surface area contributed by atoms with E-state index in [0.29, 0.717) is 6.04 Å². The highest BCUT2D eigenvalue weighted by molar-refractivity contribution is 5.99. The van der Waals surface area contributed by atoms with Gasteiger partial charge < -0.3 is 9.47 Å². The number of benzene rings is 1. The third kappa shape index (κ3) is 2.95. The van der Waals surface area contributed by atoms with Crippen molar-refractivity contribution in [2.45, 2.75) is 39.8 Å². The highest BCUT2D eigenvalue weighted by Gasteiger charge is 2.36. The van der Waals surface area contributed by atoms with Gasteiger partial charge in [-0.05, 0) is 57.0 Å². The minimum Gasteiger partial charge on any atom is -0.343 e. The molecule has 4 heteroatoms. The van der Waals surface area contributed by atoms with Gasteiger partial charge in [-0.2, -0.15) is 0 Å². The number of fused-ring (bicyclic) bond motifs is 2. The predicted molar refractivity (Wildman–Crippen MR) is 115 cm³/mol. The van der Waals surface area contributed by atoms with Gasteiger partial charge in [0, 0.05) is 42.8 Å². The van der Waals surface area contributed by atoms with Crippen LogP contribution in [0, 0.1) is 17.8 Å². The second-order valence-corrected chi connectivity index (χ2v) is 7.81. The Morgan fingerprint density at radius 1 is 1.29 bits per heavy atom. The molecular formula is C24H29N3O. The smallest absolute Gasteiger partial charge is 0.230 e. The minimum atomic E-state index is -0.0685. The first-order valence-electron chi connectivity index (χ1n) is 10.3. The van der Waals surface area contributed by atoms with Gasteiger partial charge in [0.25, 0.3) is 0 Å². The van der Waals surface area contributed by atoms with E-state index in [0.717, 1.165) is 32.6 Å². The van der Waals surface area contributed by atoms with Crippen LogP contribution in [-0.2, 0) is 17.8 Å². The van der Waals surface area contributed by atoms with Crippen molar-refractivity contribution in [2.75, 3.05) is 26.7 Å². The Hall–Kier alpha value is -2.51. The monoisotopic (exact) mass is 375 g/mol. The lowest BCUT2D eigenvalue weighted by molar-refractivity contribution is -0.134. The number of likely N-dealkylation sites (N-methyl/N-ethyl adjacent to an activating group) is 1. The fraction of sp³-hybridized carbons (Fsp3) is 0.458. The molecule has 2 aromatic rings. The highest BCUT2D eigenvalue weighted by Crippen LogP contribution is 2.41. The summed E-state index contributed by atoms with van der Waals surface area (Å²) in [5, 5.41) is 1.34. The summed E-state index contributed by atoms with van der Waals surface area (Å²) in [5.41, 5.74) is 5.24. The molecule has 1 aromatic carbocycles. The van der Waals surface area contributed by atoms with Crippen molar-refractivity contribution < 1.29 is 4.79 Å². The quantitative estimate of drug-likeness (QED) is 0.767. The van der Waals surface area contributed by atoms with Crippen LogP contribution in [0.15, 0.2) is 30.5 Å². The molecule has 2 atom stereocenters. The Labute approximate surface area is 167 Å². The second kappa shape index (κ2) is 7.48. The van der Waals surface area contributed by atoms with Crippen LogP contribution in [0.3, 0.4) is 0 Å². The molecule has 0 saturated heterocycles. The second-order valence-electron chi connectivity index (χ2n) is 7.81. The van der Waals surface area contributed by atoms with Crippen molar-refractivity contribution in [3.05, 3.63) is 41.6 Å². The first-order valence-corrected chi connectivity index (χ1v) is 10.3. The molecule has 4 rings (SSSR count). The lowest BCUT2D eigenvalue weighted by Gasteiger charge is -2.40. The van der Waals surface area contributed by atoms with Crippen LogP contribution in [0.4, 0.5) is 0 Å². The average molecular weight is 376 g/mol. The third-order valence-corrected chi connectivity index (χ3v) is 6.28. The van der Waals surface area contributed by atoms with Crippen molar-refractivity contribution >= 4 is 22.4 Å². The standard InChI is InChI=1S/C24H29N3O/c1-5-8-12-27-16-17-14-22-20(19-10-9-11-21(27)23(17)19)13-18(15-25(22)4)24(28)26(6-2)7-3/h9-11,13,16,18,22H,6-7,12,14-15H2,1-4H3/t18-,22-/m1/s1. The molecule has 0 N–H and O–H groups in total. The van der Waals surface area contributed by atoms with Crippen molar-refractivity contribution in [2.24, 2.45) is 5.92 Å². The number of rotatable bonds is 4. The van der Waals surface area contributed by atoms with E-state index in [1.807, 2.05) is 11.8 Å². The van der Waals surface area contributed by atoms with Crippen LogP contribution in [-0.4, -0.2) is 53.0 Å². The van der Waals surface area contributed by atoms with Crippen LogP contribution in [0.1, 0.15) is 31.9 Å². The summed E-state index contributed by atoms with van der Waals surface area (Å²) in [5.74, 6) is 6.37. The summed E-state index contributed by atoms with van der Waals surface area (Å²) in [6, 6.07) is 6.88. The highest BCUT2D eigenvalue weighted by atomic mass is 16.2. The van der Waals surface area contributed by atoms with Crippen LogP contribution in [0.2, 0.25) is 0 Å². The molecule has 0 saturated carbocycles. The fourth-order valence-electron chi connectivity index (χ4n) is 4.85. The summed E-state index contributed by atoms with van der Waals surface area (Å²) in [4.78, 5) is 17.3. The molecule has 28 heavy (non-hydrogen) atoms. The number of hydrogen-bond acceptors (Lipinski definition) is 2. The molecule has 0 unspecified atom stereocenters. The molecule has 0 spiro atoms. The number of carbonyl (C=O) groups excluding carboxylic acids is 1. The zero-order valence-corrected chi connectivity index (χ0v) is 17.3. The molecular weight excluding hydrogens is 346 g/mol. The Bertz CT molecular complexity index is 1000. The van der Waals surface area contributed by atoms with Crippen LogP contribution in [0.25, 0.3) is 16.5 Å². The minimum absolute atomic E-state index is 0.0685. The van der Waals surface area contributed by atoms with Gasteiger partial charge in [0.2, 0.25) is 5.91 Å². The lowest BCUT2D eigenvalue weighted by atomic mass is 9.79. The van der Waals surface area contributed by atoms with Gasteiger partial charge in [-0.1, -0.05) is 24.1 Å². The van der Waals surface area contributed by atoms with E-state index in [4.69, 9.17) is 0 Å². The predicted octanol–water partition coefficient (Wildman–Crippen LogP) is 3.40. The number of hydrogen-bond donors (Lipinski definition) is 0. The number of carbonyl (C=O) groups is 1. The van der Waals surface area contributed by atoms with Crippen molar-refractivity contribution in [1.29, 1.82) is 0 Å². The summed E-state index contributed by atoms with van der Waals surface area (Å²) >= 11 is 0. The number of amides is 1. The van der Waals surface area contributed by atoms with E-state index in [1.165, 1.54) is 27.6 Å². The molecule has 146 valence electrons. The maximum absolute atomic E-state index is 13.0. The summed E-state index contributed by atoms with van der Waals surface area (Å²) in [7, 11) is 2.16. The SMILES string of the molecule is CC#CCn1cc2c3c(cccc31)C1=C[C@@H](C(=O)N(CC)CC)CN(C)[C@@H]1C2. The van der Waals surface area contributed by atoms with Crippen molar-refractivity contribution in [3.8, 4) is 11.8 Å². The Morgan fingerprint density at radius 2 is 2.07 bits per heavy atom.